The molecule has 2 atom stereocenters. The minimum atomic E-state index is -0.00700. The van der Waals surface area contributed by atoms with Crippen LogP contribution in [0.1, 0.15) is 24.9 Å². The fourth-order valence-corrected chi connectivity index (χ4v) is 3.59. The summed E-state index contributed by atoms with van der Waals surface area (Å²) in [4.78, 5) is 14.2. The number of nitrogens with one attached hydrogen (secondary N) is 1. The van der Waals surface area contributed by atoms with Crippen molar-refractivity contribution in [1.29, 1.82) is 0 Å². The molecule has 1 N–H and O–H groups in total. The number of hydrogen-bond donors (Lipinski definition) is 1. The van der Waals surface area contributed by atoms with Crippen LogP contribution in [0.15, 0.2) is 24.3 Å². The lowest BCUT2D eigenvalue weighted by molar-refractivity contribution is -0.132. The highest BCUT2D eigenvalue weighted by molar-refractivity contribution is 7.99. The molecule has 20 heavy (non-hydrogen) atoms. The lowest BCUT2D eigenvalue weighted by atomic mass is 10.1. The molecule has 0 spiro atoms. The molecule has 1 amide bonds. The molecule has 3 nitrogen and oxygen atoms in total. The van der Waals surface area contributed by atoms with Crippen LogP contribution in [0.5, 0.6) is 0 Å². The van der Waals surface area contributed by atoms with E-state index < -0.39 is 0 Å². The van der Waals surface area contributed by atoms with Crippen LogP contribution in [0.2, 0.25) is 5.02 Å². The molecule has 0 aromatic heterocycles. The van der Waals surface area contributed by atoms with Gasteiger partial charge in [-0.2, -0.15) is 11.8 Å². The predicted octanol–water partition coefficient (Wildman–Crippen LogP) is 2.95. The Bertz CT molecular complexity index is 463. The molecule has 1 fully saturated rings. The Morgan fingerprint density at radius 2 is 2.30 bits per heavy atom. The fraction of sp³-hybridized carbons (Fsp3) is 0.533. The highest BCUT2D eigenvalue weighted by Crippen LogP contribution is 2.26. The molecule has 1 aliphatic heterocycles. The average molecular weight is 313 g/mol. The molecule has 0 bridgehead atoms. The molecule has 110 valence electrons. The maximum Gasteiger partial charge on any atom is 0.224 e. The van der Waals surface area contributed by atoms with Crippen molar-refractivity contribution in [2.75, 3.05) is 25.1 Å². The lowest BCUT2D eigenvalue weighted by Gasteiger charge is -2.29. The van der Waals surface area contributed by atoms with Crippen molar-refractivity contribution in [3.05, 3.63) is 34.9 Å². The highest BCUT2D eigenvalue weighted by Gasteiger charge is 2.23. The Balaban J connectivity index is 1.97. The van der Waals surface area contributed by atoms with E-state index in [1.54, 1.807) is 4.90 Å². The van der Waals surface area contributed by atoms with Crippen molar-refractivity contribution in [2.45, 2.75) is 25.4 Å². The van der Waals surface area contributed by atoms with Gasteiger partial charge in [0.2, 0.25) is 5.91 Å². The first-order valence-corrected chi connectivity index (χ1v) is 8.44. The quantitative estimate of drug-likeness (QED) is 0.927. The summed E-state index contributed by atoms with van der Waals surface area (Å²) in [5, 5.41) is 4.11. The van der Waals surface area contributed by atoms with Gasteiger partial charge in [0.1, 0.15) is 0 Å². The minimum absolute atomic E-state index is 0.00700. The van der Waals surface area contributed by atoms with Gasteiger partial charge in [-0.3, -0.25) is 4.79 Å². The van der Waals surface area contributed by atoms with Crippen LogP contribution < -0.4 is 5.32 Å². The molecule has 1 aromatic carbocycles. The summed E-state index contributed by atoms with van der Waals surface area (Å²) in [7, 11) is 1.85. The van der Waals surface area contributed by atoms with Gasteiger partial charge in [0, 0.05) is 42.6 Å². The number of nitrogens with zero attached hydrogens (tertiary/aromatic N) is 1. The van der Waals surface area contributed by atoms with E-state index in [4.69, 9.17) is 11.6 Å². The van der Waals surface area contributed by atoms with E-state index in [2.05, 4.69) is 5.32 Å². The summed E-state index contributed by atoms with van der Waals surface area (Å²) in [5.41, 5.74) is 0.996. The van der Waals surface area contributed by atoms with Gasteiger partial charge >= 0.3 is 0 Å². The number of carbonyl (C=O) groups excluding carboxylic acids is 1. The summed E-state index contributed by atoms with van der Waals surface area (Å²) in [6, 6.07) is 7.99. The van der Waals surface area contributed by atoms with Gasteiger partial charge in [0.05, 0.1) is 6.04 Å². The van der Waals surface area contributed by atoms with Crippen molar-refractivity contribution in [2.24, 2.45) is 0 Å². The third-order valence-corrected chi connectivity index (χ3v) is 5.22. The molecule has 0 radical (unpaired) electrons. The molecule has 1 heterocycles. The molecule has 1 aromatic rings. The van der Waals surface area contributed by atoms with E-state index in [1.807, 2.05) is 50.0 Å². The molecular weight excluding hydrogens is 292 g/mol. The number of hydrogen-bond acceptors (Lipinski definition) is 3. The summed E-state index contributed by atoms with van der Waals surface area (Å²) < 4.78 is 0. The first-order chi connectivity index (χ1) is 9.59. The van der Waals surface area contributed by atoms with Crippen LogP contribution in [0.25, 0.3) is 0 Å². The third kappa shape index (κ3) is 3.90. The van der Waals surface area contributed by atoms with E-state index in [-0.39, 0.29) is 11.9 Å². The van der Waals surface area contributed by atoms with Gasteiger partial charge in [0.25, 0.3) is 0 Å². The van der Waals surface area contributed by atoms with Crippen LogP contribution >= 0.6 is 23.4 Å². The van der Waals surface area contributed by atoms with Crippen LogP contribution in [-0.4, -0.2) is 41.9 Å². The molecule has 5 heteroatoms. The zero-order valence-electron chi connectivity index (χ0n) is 11.9. The van der Waals surface area contributed by atoms with E-state index in [9.17, 15) is 4.79 Å². The monoisotopic (exact) mass is 312 g/mol. The second kappa shape index (κ2) is 7.34. The second-order valence-corrected chi connectivity index (χ2v) is 6.69. The SMILES string of the molecule is CC(c1ccccc1Cl)N(C)C(=O)CC1CSCCN1. The number of halogens is 1. The van der Waals surface area contributed by atoms with E-state index in [0.29, 0.717) is 17.5 Å². The zero-order chi connectivity index (χ0) is 14.5. The maximum absolute atomic E-state index is 12.4. The van der Waals surface area contributed by atoms with Crippen molar-refractivity contribution in [3.8, 4) is 0 Å². The van der Waals surface area contributed by atoms with Crippen LogP contribution in [0.3, 0.4) is 0 Å². The molecular formula is C15H21ClN2OS. The Morgan fingerprint density at radius 3 is 2.95 bits per heavy atom. The lowest BCUT2D eigenvalue weighted by Crippen LogP contribution is -2.42. The first kappa shape index (κ1) is 15.7. The zero-order valence-corrected chi connectivity index (χ0v) is 13.5. The third-order valence-electron chi connectivity index (χ3n) is 3.75. The maximum atomic E-state index is 12.4. The van der Waals surface area contributed by atoms with Crippen molar-refractivity contribution < 1.29 is 4.79 Å². The average Bonchev–Trinajstić information content (AvgIpc) is 2.47. The van der Waals surface area contributed by atoms with Gasteiger partial charge in [-0.15, -0.1) is 0 Å². The van der Waals surface area contributed by atoms with Gasteiger partial charge in [-0.05, 0) is 18.6 Å². The van der Waals surface area contributed by atoms with Crippen molar-refractivity contribution >= 4 is 29.3 Å². The minimum Gasteiger partial charge on any atom is -0.339 e. The number of benzene rings is 1. The van der Waals surface area contributed by atoms with E-state index >= 15 is 0 Å². The van der Waals surface area contributed by atoms with Gasteiger partial charge in [-0.25, -0.2) is 0 Å². The summed E-state index contributed by atoms with van der Waals surface area (Å²) in [6.45, 7) is 3.01. The summed E-state index contributed by atoms with van der Waals surface area (Å²) in [5.74, 6) is 2.31. The van der Waals surface area contributed by atoms with Crippen LogP contribution in [-0.2, 0) is 4.79 Å². The molecule has 2 rings (SSSR count). The number of thioether (sulfide) groups is 1. The molecule has 2 unspecified atom stereocenters. The van der Waals surface area contributed by atoms with E-state index in [1.165, 1.54) is 0 Å². The number of carbonyl (C=O) groups is 1. The molecule has 0 saturated carbocycles. The largest absolute Gasteiger partial charge is 0.339 e. The van der Waals surface area contributed by atoms with Gasteiger partial charge in [-0.1, -0.05) is 29.8 Å². The Morgan fingerprint density at radius 1 is 1.55 bits per heavy atom. The van der Waals surface area contributed by atoms with Crippen molar-refractivity contribution in [3.63, 3.8) is 0 Å². The molecule has 0 aliphatic carbocycles. The topological polar surface area (TPSA) is 32.3 Å². The van der Waals surface area contributed by atoms with Crippen LogP contribution in [0.4, 0.5) is 0 Å². The normalized spacial score (nSPS) is 20.4. The fourth-order valence-electron chi connectivity index (χ4n) is 2.34. The predicted molar refractivity (Wildman–Crippen MR) is 86.4 cm³/mol. The first-order valence-electron chi connectivity index (χ1n) is 6.91. The molecule has 1 saturated heterocycles. The number of rotatable bonds is 4. The Kier molecular flexibility index (Phi) is 5.75. The standard InChI is InChI=1S/C15H21ClN2OS/c1-11(13-5-3-4-6-14(13)16)18(2)15(19)9-12-10-20-8-7-17-12/h3-6,11-12,17H,7-10H2,1-2H3. The Hall–Kier alpha value is -0.710. The van der Waals surface area contributed by atoms with Gasteiger partial charge < -0.3 is 10.2 Å². The van der Waals surface area contributed by atoms with Crippen molar-refractivity contribution in [1.82, 2.24) is 10.2 Å². The summed E-state index contributed by atoms with van der Waals surface area (Å²) in [6.07, 6.45) is 0.554. The van der Waals surface area contributed by atoms with Gasteiger partial charge in [0.15, 0.2) is 0 Å². The van der Waals surface area contributed by atoms with E-state index in [0.717, 1.165) is 23.6 Å². The highest BCUT2D eigenvalue weighted by atomic mass is 35.5. The second-order valence-electron chi connectivity index (χ2n) is 5.13. The number of amides is 1. The molecule has 1 aliphatic rings. The smallest absolute Gasteiger partial charge is 0.224 e. The Labute approximate surface area is 130 Å². The summed E-state index contributed by atoms with van der Waals surface area (Å²) >= 11 is 8.12. The van der Waals surface area contributed by atoms with Crippen LogP contribution in [0, 0.1) is 0 Å².